The van der Waals surface area contributed by atoms with Crippen molar-refractivity contribution >= 4 is 29.1 Å². The van der Waals surface area contributed by atoms with Crippen LogP contribution in [0.3, 0.4) is 0 Å². The Morgan fingerprint density at radius 1 is 1.37 bits per heavy atom. The summed E-state index contributed by atoms with van der Waals surface area (Å²) in [5.74, 6) is 2.39. The molecular formula is C14H21ClN2OS. The summed E-state index contributed by atoms with van der Waals surface area (Å²) in [6.07, 6.45) is 0. The number of methoxy groups -OCH3 is 1. The first-order chi connectivity index (χ1) is 9.33. The number of halogens is 1. The second-order valence-electron chi connectivity index (χ2n) is 4.51. The van der Waals surface area contributed by atoms with Gasteiger partial charge in [-0.15, -0.1) is 0 Å². The number of rotatable bonds is 6. The molecule has 0 bridgehead atoms. The van der Waals surface area contributed by atoms with Gasteiger partial charge in [-0.1, -0.05) is 17.7 Å². The van der Waals surface area contributed by atoms with Crippen LogP contribution >= 0.6 is 23.4 Å². The van der Waals surface area contributed by atoms with Gasteiger partial charge in [-0.2, -0.15) is 11.8 Å². The normalized spacial score (nSPS) is 15.8. The SMILES string of the molecule is COCCNCc1c(Cl)cccc1N1CCSCC1. The lowest BCUT2D eigenvalue weighted by Crippen LogP contribution is -2.33. The van der Waals surface area contributed by atoms with Gasteiger partial charge < -0.3 is 15.0 Å². The second kappa shape index (κ2) is 8.00. The van der Waals surface area contributed by atoms with Crippen molar-refractivity contribution in [3.63, 3.8) is 0 Å². The summed E-state index contributed by atoms with van der Waals surface area (Å²) in [5, 5.41) is 4.23. The van der Waals surface area contributed by atoms with Gasteiger partial charge >= 0.3 is 0 Å². The lowest BCUT2D eigenvalue weighted by Gasteiger charge is -2.30. The van der Waals surface area contributed by atoms with Crippen molar-refractivity contribution < 1.29 is 4.74 Å². The molecule has 0 atom stereocenters. The minimum atomic E-state index is 0.722. The highest BCUT2D eigenvalue weighted by atomic mass is 35.5. The van der Waals surface area contributed by atoms with E-state index in [1.54, 1.807) is 7.11 Å². The topological polar surface area (TPSA) is 24.5 Å². The molecule has 1 heterocycles. The summed E-state index contributed by atoms with van der Waals surface area (Å²) < 4.78 is 5.05. The Morgan fingerprint density at radius 3 is 2.89 bits per heavy atom. The Bertz CT molecular complexity index is 397. The number of nitrogens with one attached hydrogen (secondary N) is 1. The standard InChI is InChI=1S/C14H21ClN2OS/c1-18-8-5-16-11-12-13(15)3-2-4-14(12)17-6-9-19-10-7-17/h2-4,16H,5-11H2,1H3. The zero-order valence-electron chi connectivity index (χ0n) is 11.3. The van der Waals surface area contributed by atoms with E-state index in [4.69, 9.17) is 16.3 Å². The lowest BCUT2D eigenvalue weighted by molar-refractivity contribution is 0.199. The van der Waals surface area contributed by atoms with Gasteiger partial charge in [0.1, 0.15) is 0 Å². The van der Waals surface area contributed by atoms with E-state index < -0.39 is 0 Å². The maximum absolute atomic E-state index is 6.36. The van der Waals surface area contributed by atoms with Crippen molar-refractivity contribution in [2.24, 2.45) is 0 Å². The van der Waals surface area contributed by atoms with Gasteiger partial charge in [0.05, 0.1) is 6.61 Å². The third kappa shape index (κ3) is 4.28. The minimum Gasteiger partial charge on any atom is -0.383 e. The van der Waals surface area contributed by atoms with Gasteiger partial charge in [0, 0.05) is 61.1 Å². The molecule has 0 radical (unpaired) electrons. The van der Waals surface area contributed by atoms with Crippen molar-refractivity contribution in [3.05, 3.63) is 28.8 Å². The Hall–Kier alpha value is -0.420. The zero-order chi connectivity index (χ0) is 13.5. The van der Waals surface area contributed by atoms with Gasteiger partial charge in [0.15, 0.2) is 0 Å². The molecule has 5 heteroatoms. The van der Waals surface area contributed by atoms with Crippen LogP contribution in [0.1, 0.15) is 5.56 Å². The van der Waals surface area contributed by atoms with Gasteiger partial charge in [-0.05, 0) is 12.1 Å². The van der Waals surface area contributed by atoms with Crippen molar-refractivity contribution in [2.45, 2.75) is 6.54 Å². The predicted octanol–water partition coefficient (Wildman–Crippen LogP) is 2.63. The molecule has 2 rings (SSSR count). The molecule has 19 heavy (non-hydrogen) atoms. The van der Waals surface area contributed by atoms with Crippen LogP contribution in [0.4, 0.5) is 5.69 Å². The Labute approximate surface area is 124 Å². The number of anilines is 1. The largest absolute Gasteiger partial charge is 0.383 e. The highest BCUT2D eigenvalue weighted by molar-refractivity contribution is 7.99. The minimum absolute atomic E-state index is 0.722. The summed E-state index contributed by atoms with van der Waals surface area (Å²) in [4.78, 5) is 2.44. The molecule has 1 aliphatic heterocycles. The van der Waals surface area contributed by atoms with E-state index in [0.717, 1.165) is 37.8 Å². The Morgan fingerprint density at radius 2 is 2.16 bits per heavy atom. The molecule has 1 N–H and O–H groups in total. The van der Waals surface area contributed by atoms with Gasteiger partial charge in [0.25, 0.3) is 0 Å². The fraction of sp³-hybridized carbons (Fsp3) is 0.571. The summed E-state index contributed by atoms with van der Waals surface area (Å²) in [6.45, 7) is 4.57. The molecule has 1 aromatic carbocycles. The first kappa shape index (κ1) is 15.0. The number of thioether (sulfide) groups is 1. The molecule has 1 saturated heterocycles. The molecule has 1 fully saturated rings. The highest BCUT2D eigenvalue weighted by Gasteiger charge is 2.16. The van der Waals surface area contributed by atoms with Crippen LogP contribution in [0.25, 0.3) is 0 Å². The van der Waals surface area contributed by atoms with Crippen LogP contribution in [0, 0.1) is 0 Å². The molecule has 1 aromatic rings. The second-order valence-corrected chi connectivity index (χ2v) is 6.14. The maximum Gasteiger partial charge on any atom is 0.0587 e. The van der Waals surface area contributed by atoms with E-state index >= 15 is 0 Å². The van der Waals surface area contributed by atoms with Crippen LogP contribution < -0.4 is 10.2 Å². The van der Waals surface area contributed by atoms with Crippen LogP contribution in [-0.4, -0.2) is 44.9 Å². The first-order valence-electron chi connectivity index (χ1n) is 6.62. The molecule has 0 aromatic heterocycles. The molecule has 0 aliphatic carbocycles. The van der Waals surface area contributed by atoms with Crippen LogP contribution in [0.5, 0.6) is 0 Å². The quantitative estimate of drug-likeness (QED) is 0.816. The van der Waals surface area contributed by atoms with E-state index in [2.05, 4.69) is 16.3 Å². The molecule has 106 valence electrons. The number of hydrogen-bond acceptors (Lipinski definition) is 4. The third-order valence-electron chi connectivity index (χ3n) is 3.23. The van der Waals surface area contributed by atoms with E-state index in [1.807, 2.05) is 23.9 Å². The molecule has 0 saturated carbocycles. The van der Waals surface area contributed by atoms with Crippen LogP contribution in [-0.2, 0) is 11.3 Å². The third-order valence-corrected chi connectivity index (χ3v) is 4.53. The van der Waals surface area contributed by atoms with Crippen molar-refractivity contribution in [3.8, 4) is 0 Å². The summed E-state index contributed by atoms with van der Waals surface area (Å²) in [5.41, 5.74) is 2.48. The lowest BCUT2D eigenvalue weighted by atomic mass is 10.1. The maximum atomic E-state index is 6.36. The van der Waals surface area contributed by atoms with Crippen molar-refractivity contribution in [1.82, 2.24) is 5.32 Å². The molecule has 0 amide bonds. The average Bonchev–Trinajstić information content (AvgIpc) is 2.46. The Balaban J connectivity index is 2.06. The van der Waals surface area contributed by atoms with E-state index in [9.17, 15) is 0 Å². The fourth-order valence-corrected chi connectivity index (χ4v) is 3.35. The molecule has 1 aliphatic rings. The summed E-state index contributed by atoms with van der Waals surface area (Å²) >= 11 is 8.38. The predicted molar refractivity (Wildman–Crippen MR) is 84.6 cm³/mol. The smallest absolute Gasteiger partial charge is 0.0587 e. The number of nitrogens with zero attached hydrogens (tertiary/aromatic N) is 1. The van der Waals surface area contributed by atoms with Gasteiger partial charge in [-0.3, -0.25) is 0 Å². The van der Waals surface area contributed by atoms with E-state index in [-0.39, 0.29) is 0 Å². The van der Waals surface area contributed by atoms with Crippen molar-refractivity contribution in [2.75, 3.05) is 49.8 Å². The zero-order valence-corrected chi connectivity index (χ0v) is 12.9. The number of benzene rings is 1. The van der Waals surface area contributed by atoms with Crippen LogP contribution in [0.2, 0.25) is 5.02 Å². The van der Waals surface area contributed by atoms with Gasteiger partial charge in [0.2, 0.25) is 0 Å². The highest BCUT2D eigenvalue weighted by Crippen LogP contribution is 2.29. The van der Waals surface area contributed by atoms with E-state index in [1.165, 1.54) is 22.8 Å². The average molecular weight is 301 g/mol. The Kier molecular flexibility index (Phi) is 6.31. The van der Waals surface area contributed by atoms with Crippen molar-refractivity contribution in [1.29, 1.82) is 0 Å². The first-order valence-corrected chi connectivity index (χ1v) is 8.16. The molecular weight excluding hydrogens is 280 g/mol. The van der Waals surface area contributed by atoms with E-state index in [0.29, 0.717) is 0 Å². The molecule has 3 nitrogen and oxygen atoms in total. The van der Waals surface area contributed by atoms with Crippen LogP contribution in [0.15, 0.2) is 18.2 Å². The molecule has 0 spiro atoms. The number of hydrogen-bond donors (Lipinski definition) is 1. The van der Waals surface area contributed by atoms with Gasteiger partial charge in [-0.25, -0.2) is 0 Å². The monoisotopic (exact) mass is 300 g/mol. The molecule has 0 unspecified atom stereocenters. The summed E-state index contributed by atoms with van der Waals surface area (Å²) in [7, 11) is 1.72. The number of ether oxygens (including phenoxy) is 1. The summed E-state index contributed by atoms with van der Waals surface area (Å²) in [6, 6.07) is 6.18. The fourth-order valence-electron chi connectivity index (χ4n) is 2.21.